The van der Waals surface area contributed by atoms with Crippen molar-refractivity contribution in [3.8, 4) is 5.75 Å². The number of hydrogen-bond acceptors (Lipinski definition) is 6. The van der Waals surface area contributed by atoms with Gasteiger partial charge in [0.25, 0.3) is 5.69 Å². The molecule has 0 aromatic heterocycles. The van der Waals surface area contributed by atoms with Gasteiger partial charge in [0.15, 0.2) is 12.4 Å². The van der Waals surface area contributed by atoms with Gasteiger partial charge in [-0.25, -0.2) is 0 Å². The number of ether oxygens (including phenoxy) is 2. The van der Waals surface area contributed by atoms with Crippen LogP contribution < -0.4 is 4.74 Å². The van der Waals surface area contributed by atoms with Crippen molar-refractivity contribution in [3.63, 3.8) is 0 Å². The van der Waals surface area contributed by atoms with Gasteiger partial charge in [-0.3, -0.25) is 19.7 Å². The molecule has 0 spiro atoms. The zero-order chi connectivity index (χ0) is 18.4. The van der Waals surface area contributed by atoms with E-state index in [0.717, 1.165) is 0 Å². The van der Waals surface area contributed by atoms with Gasteiger partial charge in [-0.05, 0) is 45.8 Å². The summed E-state index contributed by atoms with van der Waals surface area (Å²) < 4.78 is 10.8. The average molecular weight is 408 g/mol. The lowest BCUT2D eigenvalue weighted by Crippen LogP contribution is -2.15. The molecule has 130 valence electrons. The summed E-state index contributed by atoms with van der Waals surface area (Å²) in [5.41, 5.74) is 0.838. The fourth-order valence-electron chi connectivity index (χ4n) is 2.04. The minimum atomic E-state index is -0.554. The molecule has 8 heteroatoms. The van der Waals surface area contributed by atoms with Gasteiger partial charge in [-0.2, -0.15) is 0 Å². The zero-order valence-electron chi connectivity index (χ0n) is 13.2. The third kappa shape index (κ3) is 5.12. The van der Waals surface area contributed by atoms with Crippen molar-refractivity contribution in [2.24, 2.45) is 0 Å². The maximum absolute atomic E-state index is 11.9. The Morgan fingerprint density at radius 3 is 2.40 bits per heavy atom. The van der Waals surface area contributed by atoms with E-state index in [2.05, 4.69) is 15.9 Å². The van der Waals surface area contributed by atoms with Gasteiger partial charge in [-0.15, -0.1) is 0 Å². The summed E-state index contributed by atoms with van der Waals surface area (Å²) in [5.74, 6) is -0.336. The number of benzene rings is 2. The molecule has 0 radical (unpaired) electrons. The second-order valence-corrected chi connectivity index (χ2v) is 5.89. The summed E-state index contributed by atoms with van der Waals surface area (Å²) >= 11 is 3.33. The van der Waals surface area contributed by atoms with Gasteiger partial charge >= 0.3 is 5.97 Å². The van der Waals surface area contributed by atoms with Gasteiger partial charge in [-0.1, -0.05) is 6.07 Å². The maximum atomic E-state index is 11.9. The molecule has 0 unspecified atom stereocenters. The zero-order valence-corrected chi connectivity index (χ0v) is 14.8. The number of methoxy groups -OCH3 is 1. The summed E-state index contributed by atoms with van der Waals surface area (Å²) in [6.45, 7) is -0.423. The van der Waals surface area contributed by atoms with E-state index < -0.39 is 23.3 Å². The topological polar surface area (TPSA) is 95.7 Å². The Kier molecular flexibility index (Phi) is 6.24. The molecule has 0 fully saturated rings. The van der Waals surface area contributed by atoms with Gasteiger partial charge in [0.2, 0.25) is 0 Å². The van der Waals surface area contributed by atoms with Crippen molar-refractivity contribution in [1.82, 2.24) is 0 Å². The smallest absolute Gasteiger partial charge is 0.310 e. The first kappa shape index (κ1) is 18.6. The first-order chi connectivity index (χ1) is 11.9. The van der Waals surface area contributed by atoms with Crippen molar-refractivity contribution >= 4 is 33.4 Å². The van der Waals surface area contributed by atoms with Crippen molar-refractivity contribution in [3.05, 3.63) is 68.2 Å². The Labute approximate surface area is 151 Å². The molecule has 2 rings (SSSR count). The lowest BCUT2D eigenvalue weighted by Gasteiger charge is -2.07. The number of nitro benzene ring substituents is 1. The van der Waals surface area contributed by atoms with Crippen LogP contribution in [0.5, 0.6) is 5.75 Å². The fourth-order valence-corrected chi connectivity index (χ4v) is 2.62. The van der Waals surface area contributed by atoms with Gasteiger partial charge < -0.3 is 9.47 Å². The quantitative estimate of drug-likeness (QED) is 0.302. The second-order valence-electron chi connectivity index (χ2n) is 5.03. The highest BCUT2D eigenvalue weighted by Crippen LogP contribution is 2.25. The van der Waals surface area contributed by atoms with Crippen LogP contribution in [-0.2, 0) is 16.0 Å². The molecule has 2 aromatic rings. The lowest BCUT2D eigenvalue weighted by molar-refractivity contribution is -0.384. The molecule has 0 aliphatic rings. The van der Waals surface area contributed by atoms with Gasteiger partial charge in [0, 0.05) is 17.7 Å². The van der Waals surface area contributed by atoms with E-state index in [1.54, 1.807) is 18.2 Å². The van der Waals surface area contributed by atoms with Crippen LogP contribution in [-0.4, -0.2) is 30.4 Å². The van der Waals surface area contributed by atoms with Crippen LogP contribution in [0.3, 0.4) is 0 Å². The number of non-ortho nitro benzene ring substituents is 1. The number of halogens is 1. The summed E-state index contributed by atoms with van der Waals surface area (Å²) in [6.07, 6.45) is 0.0101. The highest BCUT2D eigenvalue weighted by molar-refractivity contribution is 9.10. The molecule has 0 aliphatic heterocycles. The number of carbonyl (C=O) groups excluding carboxylic acids is 2. The molecule has 25 heavy (non-hydrogen) atoms. The predicted octanol–water partition coefficient (Wildman–Crippen LogP) is 3.33. The van der Waals surface area contributed by atoms with Crippen LogP contribution in [0.1, 0.15) is 15.9 Å². The number of Topliss-reactive ketones (excluding diaryl/α,β-unsaturated/α-hetero) is 1. The van der Waals surface area contributed by atoms with Crippen molar-refractivity contribution in [2.75, 3.05) is 13.7 Å². The minimum Gasteiger partial charge on any atom is -0.496 e. The Bertz CT molecular complexity index is 803. The van der Waals surface area contributed by atoms with Crippen LogP contribution >= 0.6 is 15.9 Å². The summed E-state index contributed by atoms with van der Waals surface area (Å²) in [6, 6.07) is 10.3. The SMILES string of the molecule is COc1ccc(CC(=O)OCC(=O)c2ccc([N+](=O)[O-])cc2)cc1Br. The fraction of sp³-hybridized carbons (Fsp3) is 0.176. The van der Waals surface area contributed by atoms with Crippen LogP contribution in [0.4, 0.5) is 5.69 Å². The standard InChI is InChI=1S/C17H14BrNO6/c1-24-16-7-2-11(8-14(16)18)9-17(21)25-10-15(20)12-3-5-13(6-4-12)19(22)23/h2-8H,9-10H2,1H3. The molecule has 0 bridgehead atoms. The molecule has 0 aliphatic carbocycles. The minimum absolute atomic E-state index is 0.0101. The number of carbonyl (C=O) groups is 2. The van der Waals surface area contributed by atoms with Crippen molar-refractivity contribution < 1.29 is 24.0 Å². The molecular formula is C17H14BrNO6. The van der Waals surface area contributed by atoms with E-state index in [9.17, 15) is 19.7 Å². The van der Waals surface area contributed by atoms with E-state index in [-0.39, 0.29) is 17.7 Å². The van der Waals surface area contributed by atoms with Crippen LogP contribution in [0, 0.1) is 10.1 Å². The molecule has 2 aromatic carbocycles. The summed E-state index contributed by atoms with van der Waals surface area (Å²) in [5, 5.41) is 10.6. The predicted molar refractivity (Wildman–Crippen MR) is 92.8 cm³/mol. The van der Waals surface area contributed by atoms with Crippen molar-refractivity contribution in [2.45, 2.75) is 6.42 Å². The Balaban J connectivity index is 1.89. The first-order valence-electron chi connectivity index (χ1n) is 7.16. The van der Waals surface area contributed by atoms with Gasteiger partial charge in [0.1, 0.15) is 5.75 Å². The van der Waals surface area contributed by atoms with Crippen molar-refractivity contribution in [1.29, 1.82) is 0 Å². The number of nitro groups is 1. The number of nitrogens with zero attached hydrogens (tertiary/aromatic N) is 1. The monoisotopic (exact) mass is 407 g/mol. The molecule has 0 amide bonds. The van der Waals surface area contributed by atoms with E-state index in [1.165, 1.54) is 31.4 Å². The third-order valence-corrected chi connectivity index (χ3v) is 3.95. The molecule has 0 atom stereocenters. The number of rotatable bonds is 7. The lowest BCUT2D eigenvalue weighted by atomic mass is 10.1. The third-order valence-electron chi connectivity index (χ3n) is 3.33. The second kappa shape index (κ2) is 8.39. The summed E-state index contributed by atoms with van der Waals surface area (Å²) in [7, 11) is 1.54. The van der Waals surface area contributed by atoms with E-state index >= 15 is 0 Å². The molecule has 7 nitrogen and oxygen atoms in total. The van der Waals surface area contributed by atoms with Crippen LogP contribution in [0.15, 0.2) is 46.9 Å². The largest absolute Gasteiger partial charge is 0.496 e. The number of hydrogen-bond donors (Lipinski definition) is 0. The average Bonchev–Trinajstić information content (AvgIpc) is 2.60. The highest BCUT2D eigenvalue weighted by atomic mass is 79.9. The number of esters is 1. The van der Waals surface area contributed by atoms with E-state index in [0.29, 0.717) is 15.8 Å². The normalized spacial score (nSPS) is 10.2. The Morgan fingerprint density at radius 2 is 1.84 bits per heavy atom. The molecular weight excluding hydrogens is 394 g/mol. The molecule has 0 N–H and O–H groups in total. The Morgan fingerprint density at radius 1 is 1.16 bits per heavy atom. The van der Waals surface area contributed by atoms with Crippen LogP contribution in [0.2, 0.25) is 0 Å². The molecule has 0 saturated carbocycles. The van der Waals surface area contributed by atoms with Gasteiger partial charge in [0.05, 0.1) is 22.9 Å². The number of ketones is 1. The Hall–Kier alpha value is -2.74. The molecule has 0 heterocycles. The molecule has 0 saturated heterocycles. The highest BCUT2D eigenvalue weighted by Gasteiger charge is 2.13. The maximum Gasteiger partial charge on any atom is 0.310 e. The van der Waals surface area contributed by atoms with E-state index in [1.807, 2.05) is 0 Å². The van der Waals surface area contributed by atoms with E-state index in [4.69, 9.17) is 9.47 Å². The first-order valence-corrected chi connectivity index (χ1v) is 7.95. The summed E-state index contributed by atoms with van der Waals surface area (Å²) in [4.78, 5) is 33.8. The van der Waals surface area contributed by atoms with Crippen LogP contribution in [0.25, 0.3) is 0 Å².